The summed E-state index contributed by atoms with van der Waals surface area (Å²) in [6.45, 7) is 9.05. The zero-order chi connectivity index (χ0) is 26.5. The van der Waals surface area contributed by atoms with Gasteiger partial charge in [-0.15, -0.1) is 0 Å². The minimum Gasteiger partial charge on any atom is -0.489 e. The molecule has 6 heteroatoms. The third kappa shape index (κ3) is 4.46. The summed E-state index contributed by atoms with van der Waals surface area (Å²) in [7, 11) is 3.69. The van der Waals surface area contributed by atoms with Crippen molar-refractivity contribution in [3.63, 3.8) is 0 Å². The van der Waals surface area contributed by atoms with Crippen molar-refractivity contribution in [3.8, 4) is 16.9 Å². The lowest BCUT2D eigenvalue weighted by Crippen LogP contribution is -2.22. The van der Waals surface area contributed by atoms with Gasteiger partial charge >= 0.3 is 5.97 Å². The predicted octanol–water partition coefficient (Wildman–Crippen LogP) is 6.32. The Balaban J connectivity index is 1.43. The SMILES string of the molecule is CO[C@@H](c1cc(COc2ccc3c(c2)[C@@]2(CCC3)[C@H](C(=O)O)[C@@H]2C)ccc1-c1cnn(C)c1)C(C)(C)C. The van der Waals surface area contributed by atoms with Crippen LogP contribution in [0, 0.1) is 17.3 Å². The first-order chi connectivity index (χ1) is 17.6. The molecule has 0 amide bonds. The first-order valence-electron chi connectivity index (χ1n) is 13.2. The quantitative estimate of drug-likeness (QED) is 0.409. The summed E-state index contributed by atoms with van der Waals surface area (Å²) in [4.78, 5) is 11.9. The molecule has 1 N–H and O–H groups in total. The number of aromatic nitrogens is 2. The zero-order valence-corrected chi connectivity index (χ0v) is 22.7. The summed E-state index contributed by atoms with van der Waals surface area (Å²) in [5.74, 6) is -0.0299. The maximum Gasteiger partial charge on any atom is 0.307 e. The second kappa shape index (κ2) is 9.32. The molecular formula is C31H38N2O4. The molecule has 2 aliphatic carbocycles. The minimum absolute atomic E-state index is 0.0976. The molecule has 37 heavy (non-hydrogen) atoms. The van der Waals surface area contributed by atoms with E-state index in [1.165, 1.54) is 11.1 Å². The lowest BCUT2D eigenvalue weighted by Gasteiger charge is -2.31. The maximum atomic E-state index is 11.9. The summed E-state index contributed by atoms with van der Waals surface area (Å²) in [6.07, 6.45) is 6.79. The van der Waals surface area contributed by atoms with Crippen molar-refractivity contribution in [2.75, 3.05) is 7.11 Å². The van der Waals surface area contributed by atoms with E-state index in [0.717, 1.165) is 47.3 Å². The van der Waals surface area contributed by atoms with Gasteiger partial charge in [-0.05, 0) is 76.6 Å². The van der Waals surface area contributed by atoms with Crippen molar-refractivity contribution in [1.29, 1.82) is 0 Å². The summed E-state index contributed by atoms with van der Waals surface area (Å²) in [5.41, 5.74) is 6.45. The molecule has 1 saturated carbocycles. The number of hydrogen-bond donors (Lipinski definition) is 1. The maximum absolute atomic E-state index is 11.9. The summed E-state index contributed by atoms with van der Waals surface area (Å²) in [5, 5.41) is 14.2. The van der Waals surface area contributed by atoms with Crippen LogP contribution in [0.2, 0.25) is 0 Å². The van der Waals surface area contributed by atoms with Gasteiger partial charge in [-0.2, -0.15) is 5.10 Å². The van der Waals surface area contributed by atoms with Crippen LogP contribution in [-0.2, 0) is 35.0 Å². The van der Waals surface area contributed by atoms with E-state index in [9.17, 15) is 9.90 Å². The molecule has 1 heterocycles. The molecule has 1 aromatic heterocycles. The molecule has 5 rings (SSSR count). The Labute approximate surface area is 219 Å². The minimum atomic E-state index is -0.681. The van der Waals surface area contributed by atoms with E-state index in [1.54, 1.807) is 7.11 Å². The number of rotatable bonds is 7. The third-order valence-corrected chi connectivity index (χ3v) is 8.49. The summed E-state index contributed by atoms with van der Waals surface area (Å²) < 4.78 is 14.1. The van der Waals surface area contributed by atoms with Gasteiger partial charge in [0.15, 0.2) is 0 Å². The fourth-order valence-electron chi connectivity index (χ4n) is 6.72. The fourth-order valence-corrected chi connectivity index (χ4v) is 6.72. The second-order valence-corrected chi connectivity index (χ2v) is 11.9. The van der Waals surface area contributed by atoms with E-state index >= 15 is 0 Å². The van der Waals surface area contributed by atoms with Crippen LogP contribution < -0.4 is 4.74 Å². The van der Waals surface area contributed by atoms with Crippen LogP contribution in [-0.4, -0.2) is 28.0 Å². The van der Waals surface area contributed by atoms with Crippen LogP contribution in [0.1, 0.15) is 68.9 Å². The number of hydrogen-bond acceptors (Lipinski definition) is 4. The van der Waals surface area contributed by atoms with Gasteiger partial charge in [-0.1, -0.05) is 45.9 Å². The van der Waals surface area contributed by atoms with Crippen LogP contribution in [0.15, 0.2) is 48.8 Å². The molecule has 0 radical (unpaired) electrons. The number of aryl methyl sites for hydroxylation is 2. The fraction of sp³-hybridized carbons (Fsp3) is 0.484. The number of aliphatic carboxylic acids is 1. The highest BCUT2D eigenvalue weighted by atomic mass is 16.5. The topological polar surface area (TPSA) is 73.6 Å². The molecule has 0 unspecified atom stereocenters. The van der Waals surface area contributed by atoms with Crippen molar-refractivity contribution in [1.82, 2.24) is 9.78 Å². The molecule has 0 aliphatic heterocycles. The molecule has 1 spiro atoms. The Bertz CT molecular complexity index is 1320. The number of fused-ring (bicyclic) bond motifs is 2. The van der Waals surface area contributed by atoms with Crippen molar-refractivity contribution in [2.24, 2.45) is 24.3 Å². The monoisotopic (exact) mass is 502 g/mol. The standard InChI is InChI=1S/C31H38N2O4/c1-19-27(29(34)35)31(19)13-7-8-21-10-11-23(15-26(21)31)37-18-20-9-12-24(22-16-32-33(5)17-22)25(14-20)28(36-6)30(2,3)4/h9-12,14-17,19,27-28H,7-8,13,18H2,1-6H3,(H,34,35)/t19-,27-,28-,31-/m0/s1. The van der Waals surface area contributed by atoms with E-state index in [1.807, 2.05) is 30.2 Å². The smallest absolute Gasteiger partial charge is 0.307 e. The summed E-state index contributed by atoms with van der Waals surface area (Å²) in [6, 6.07) is 12.7. The van der Waals surface area contributed by atoms with Gasteiger partial charge in [0.05, 0.1) is 18.2 Å². The van der Waals surface area contributed by atoms with Gasteiger partial charge in [-0.25, -0.2) is 0 Å². The molecule has 3 aromatic rings. The number of carboxylic acid groups (broad SMARTS) is 1. The predicted molar refractivity (Wildman–Crippen MR) is 144 cm³/mol. The number of carboxylic acids is 1. The van der Waals surface area contributed by atoms with Crippen LogP contribution in [0.25, 0.3) is 11.1 Å². The highest BCUT2D eigenvalue weighted by Crippen LogP contribution is 2.65. The van der Waals surface area contributed by atoms with Gasteiger partial charge < -0.3 is 14.6 Å². The number of ether oxygens (including phenoxy) is 2. The molecule has 0 saturated heterocycles. The van der Waals surface area contributed by atoms with Crippen LogP contribution in [0.4, 0.5) is 0 Å². The van der Waals surface area contributed by atoms with Crippen molar-refractivity contribution >= 4 is 5.97 Å². The average molecular weight is 503 g/mol. The normalized spacial score (nSPS) is 23.5. The van der Waals surface area contributed by atoms with Gasteiger partial charge in [-0.3, -0.25) is 9.48 Å². The largest absolute Gasteiger partial charge is 0.489 e. The Morgan fingerprint density at radius 3 is 2.65 bits per heavy atom. The van der Waals surface area contributed by atoms with Gasteiger partial charge in [0, 0.05) is 31.3 Å². The van der Waals surface area contributed by atoms with E-state index in [0.29, 0.717) is 6.61 Å². The van der Waals surface area contributed by atoms with Crippen LogP contribution in [0.5, 0.6) is 5.75 Å². The van der Waals surface area contributed by atoms with E-state index < -0.39 is 5.97 Å². The molecule has 0 bridgehead atoms. The first-order valence-corrected chi connectivity index (χ1v) is 13.2. The number of benzene rings is 2. The van der Waals surface area contributed by atoms with Gasteiger partial charge in [0.25, 0.3) is 0 Å². The van der Waals surface area contributed by atoms with Crippen molar-refractivity contribution in [2.45, 2.75) is 65.1 Å². The van der Waals surface area contributed by atoms with Gasteiger partial charge in [0.1, 0.15) is 12.4 Å². The second-order valence-electron chi connectivity index (χ2n) is 11.9. The molecule has 1 fully saturated rings. The van der Waals surface area contributed by atoms with Crippen molar-refractivity contribution < 1.29 is 19.4 Å². The lowest BCUT2D eigenvalue weighted by atomic mass is 9.77. The molecule has 6 nitrogen and oxygen atoms in total. The summed E-state index contributed by atoms with van der Waals surface area (Å²) >= 11 is 0. The third-order valence-electron chi connectivity index (χ3n) is 8.49. The Hall–Kier alpha value is -3.12. The number of methoxy groups -OCH3 is 1. The van der Waals surface area contributed by atoms with E-state index in [4.69, 9.17) is 9.47 Å². The number of nitrogens with zero attached hydrogens (tertiary/aromatic N) is 2. The molecule has 2 aliphatic rings. The van der Waals surface area contributed by atoms with Crippen LogP contribution >= 0.6 is 0 Å². The molecular weight excluding hydrogens is 464 g/mol. The molecule has 4 atom stereocenters. The lowest BCUT2D eigenvalue weighted by molar-refractivity contribution is -0.139. The molecule has 2 aromatic carbocycles. The van der Waals surface area contributed by atoms with Gasteiger partial charge in [0.2, 0.25) is 0 Å². The Morgan fingerprint density at radius 2 is 2.03 bits per heavy atom. The number of carbonyl (C=O) groups is 1. The molecule has 196 valence electrons. The Kier molecular flexibility index (Phi) is 6.43. The van der Waals surface area contributed by atoms with E-state index in [-0.39, 0.29) is 28.8 Å². The van der Waals surface area contributed by atoms with Crippen LogP contribution in [0.3, 0.4) is 0 Å². The Morgan fingerprint density at radius 1 is 1.24 bits per heavy atom. The first kappa shape index (κ1) is 25.5. The zero-order valence-electron chi connectivity index (χ0n) is 22.7. The highest BCUT2D eigenvalue weighted by Gasteiger charge is 2.67. The highest BCUT2D eigenvalue weighted by molar-refractivity contribution is 5.79. The van der Waals surface area contributed by atoms with Crippen molar-refractivity contribution in [3.05, 3.63) is 71.0 Å². The average Bonchev–Trinajstić information content (AvgIpc) is 3.18. The van der Waals surface area contributed by atoms with E-state index in [2.05, 4.69) is 63.1 Å².